The third-order valence-corrected chi connectivity index (χ3v) is 4.77. The second kappa shape index (κ2) is 6.99. The Bertz CT molecular complexity index is 728. The minimum absolute atomic E-state index is 0.0726. The van der Waals surface area contributed by atoms with Crippen molar-refractivity contribution in [2.75, 3.05) is 18.8 Å². The van der Waals surface area contributed by atoms with Crippen molar-refractivity contribution in [1.29, 1.82) is 0 Å². The quantitative estimate of drug-likeness (QED) is 0.649. The molecule has 3 rings (SSSR count). The van der Waals surface area contributed by atoms with Gasteiger partial charge in [-0.25, -0.2) is 4.98 Å². The highest BCUT2D eigenvalue weighted by Gasteiger charge is 2.25. The molecule has 1 amide bonds. The second-order valence-electron chi connectivity index (χ2n) is 5.67. The van der Waals surface area contributed by atoms with Gasteiger partial charge in [0.1, 0.15) is 0 Å². The van der Waals surface area contributed by atoms with Crippen LogP contribution in [0.4, 0.5) is 0 Å². The van der Waals surface area contributed by atoms with Crippen LogP contribution in [0.25, 0.3) is 0 Å². The summed E-state index contributed by atoms with van der Waals surface area (Å²) in [7, 11) is 0. The number of nitrogens with one attached hydrogen (secondary N) is 2. The zero-order valence-corrected chi connectivity index (χ0v) is 13.7. The molecule has 1 aliphatic heterocycles. The Labute approximate surface area is 137 Å². The molecule has 1 fully saturated rings. The number of hydrogen-bond acceptors (Lipinski definition) is 5. The summed E-state index contributed by atoms with van der Waals surface area (Å²) in [6.07, 6.45) is 3.79. The molecular formula is C15H19N5O2S. The Balaban J connectivity index is 1.58. The van der Waals surface area contributed by atoms with Crippen molar-refractivity contribution in [3.63, 3.8) is 0 Å². The van der Waals surface area contributed by atoms with Gasteiger partial charge in [0.05, 0.1) is 5.75 Å². The minimum atomic E-state index is -0.190. The number of likely N-dealkylation sites (tertiary alicyclic amines) is 1. The zero-order chi connectivity index (χ0) is 16.2. The summed E-state index contributed by atoms with van der Waals surface area (Å²) in [4.78, 5) is 32.6. The maximum atomic E-state index is 12.4. The largest absolute Gasteiger partial charge is 0.341 e. The zero-order valence-electron chi connectivity index (χ0n) is 12.9. The number of rotatable bonds is 4. The van der Waals surface area contributed by atoms with Gasteiger partial charge in [0, 0.05) is 42.7 Å². The number of carbonyl (C=O) groups is 1. The number of aromatic nitrogens is 4. The highest BCUT2D eigenvalue weighted by molar-refractivity contribution is 7.99. The lowest BCUT2D eigenvalue weighted by molar-refractivity contribution is -0.129. The van der Waals surface area contributed by atoms with Gasteiger partial charge in [-0.1, -0.05) is 11.8 Å². The molecule has 3 heterocycles. The van der Waals surface area contributed by atoms with Gasteiger partial charge in [-0.15, -0.1) is 0 Å². The number of hydrogen-bond donors (Lipinski definition) is 2. The lowest BCUT2D eigenvalue weighted by atomic mass is 9.95. The van der Waals surface area contributed by atoms with Crippen LogP contribution in [0.2, 0.25) is 0 Å². The average Bonchev–Trinajstić information content (AvgIpc) is 3.06. The van der Waals surface area contributed by atoms with Crippen molar-refractivity contribution in [3.8, 4) is 0 Å². The highest BCUT2D eigenvalue weighted by Crippen LogP contribution is 2.26. The van der Waals surface area contributed by atoms with Crippen molar-refractivity contribution in [2.24, 2.45) is 0 Å². The van der Waals surface area contributed by atoms with Gasteiger partial charge < -0.3 is 9.88 Å². The van der Waals surface area contributed by atoms with Crippen LogP contribution in [0.15, 0.2) is 28.3 Å². The minimum Gasteiger partial charge on any atom is -0.341 e. The summed E-state index contributed by atoms with van der Waals surface area (Å²) in [6.45, 7) is 3.25. The number of H-pyrrole nitrogens is 2. The van der Waals surface area contributed by atoms with Gasteiger partial charge in [-0.2, -0.15) is 5.10 Å². The van der Waals surface area contributed by atoms with Crippen LogP contribution in [0.3, 0.4) is 0 Å². The van der Waals surface area contributed by atoms with Crippen LogP contribution in [0.5, 0.6) is 0 Å². The number of aromatic amines is 2. The molecule has 7 nitrogen and oxygen atoms in total. The van der Waals surface area contributed by atoms with Gasteiger partial charge in [-0.05, 0) is 25.8 Å². The fourth-order valence-corrected chi connectivity index (χ4v) is 3.62. The summed E-state index contributed by atoms with van der Waals surface area (Å²) < 4.78 is 0. The van der Waals surface area contributed by atoms with E-state index in [9.17, 15) is 9.59 Å². The molecule has 2 aromatic heterocycles. The third kappa shape index (κ3) is 4.01. The molecule has 0 spiro atoms. The Morgan fingerprint density at radius 2 is 2.39 bits per heavy atom. The highest BCUT2D eigenvalue weighted by atomic mass is 32.2. The van der Waals surface area contributed by atoms with E-state index < -0.39 is 0 Å². The molecule has 8 heteroatoms. The number of aryl methyl sites for hydroxylation is 1. The molecule has 122 valence electrons. The molecule has 0 bridgehead atoms. The summed E-state index contributed by atoms with van der Waals surface area (Å²) in [5.74, 6) is 0.669. The van der Waals surface area contributed by atoms with E-state index in [-0.39, 0.29) is 17.2 Å². The second-order valence-corrected chi connectivity index (χ2v) is 6.64. The number of nitrogens with zero attached hydrogens (tertiary/aromatic N) is 3. The van der Waals surface area contributed by atoms with E-state index in [4.69, 9.17) is 0 Å². The van der Waals surface area contributed by atoms with Crippen LogP contribution in [0.1, 0.15) is 30.1 Å². The first-order chi connectivity index (χ1) is 11.1. The Morgan fingerprint density at radius 3 is 3.13 bits per heavy atom. The molecule has 0 aliphatic carbocycles. The smallest absolute Gasteiger partial charge is 0.251 e. The van der Waals surface area contributed by atoms with E-state index in [1.54, 1.807) is 13.1 Å². The van der Waals surface area contributed by atoms with Crippen molar-refractivity contribution in [2.45, 2.75) is 30.8 Å². The first-order valence-electron chi connectivity index (χ1n) is 7.59. The van der Waals surface area contributed by atoms with Crippen LogP contribution in [0, 0.1) is 6.92 Å². The van der Waals surface area contributed by atoms with Crippen LogP contribution < -0.4 is 5.56 Å². The van der Waals surface area contributed by atoms with Gasteiger partial charge in [0.25, 0.3) is 5.56 Å². The van der Waals surface area contributed by atoms with Gasteiger partial charge in [0.2, 0.25) is 5.91 Å². The van der Waals surface area contributed by atoms with E-state index >= 15 is 0 Å². The van der Waals surface area contributed by atoms with Crippen molar-refractivity contribution < 1.29 is 4.79 Å². The number of carbonyl (C=O) groups excluding carboxylic acids is 1. The molecule has 0 radical (unpaired) electrons. The van der Waals surface area contributed by atoms with E-state index in [2.05, 4.69) is 20.2 Å². The Morgan fingerprint density at radius 1 is 1.52 bits per heavy atom. The van der Waals surface area contributed by atoms with Gasteiger partial charge in [-0.3, -0.25) is 14.7 Å². The van der Waals surface area contributed by atoms with Crippen LogP contribution in [-0.4, -0.2) is 49.8 Å². The number of thioether (sulfide) groups is 1. The third-order valence-electron chi connectivity index (χ3n) is 3.92. The molecular weight excluding hydrogens is 314 g/mol. The van der Waals surface area contributed by atoms with E-state index in [0.29, 0.717) is 23.3 Å². The van der Waals surface area contributed by atoms with Crippen molar-refractivity contribution in [3.05, 3.63) is 40.1 Å². The molecule has 0 saturated carbocycles. The lowest BCUT2D eigenvalue weighted by Gasteiger charge is -2.32. The lowest BCUT2D eigenvalue weighted by Crippen LogP contribution is -2.40. The molecule has 1 aliphatic rings. The average molecular weight is 333 g/mol. The molecule has 2 aromatic rings. The van der Waals surface area contributed by atoms with Crippen LogP contribution >= 0.6 is 11.8 Å². The predicted octanol–water partition coefficient (Wildman–Crippen LogP) is 1.30. The number of piperidine rings is 1. The summed E-state index contributed by atoms with van der Waals surface area (Å²) >= 11 is 1.27. The molecule has 1 saturated heterocycles. The first kappa shape index (κ1) is 15.8. The monoisotopic (exact) mass is 333 g/mol. The summed E-state index contributed by atoms with van der Waals surface area (Å²) in [5, 5.41) is 7.47. The van der Waals surface area contributed by atoms with Gasteiger partial charge in [0.15, 0.2) is 5.16 Å². The Kier molecular flexibility index (Phi) is 4.80. The normalized spacial score (nSPS) is 18.1. The van der Waals surface area contributed by atoms with Crippen molar-refractivity contribution >= 4 is 17.7 Å². The first-order valence-corrected chi connectivity index (χ1v) is 8.58. The standard InChI is InChI=1S/C15H19N5O2S/c1-10-7-13(21)18-15(17-10)23-9-14(22)20-6-2-3-11(8-20)12-4-5-16-19-12/h4-5,7,11H,2-3,6,8-9H2,1H3,(H,16,19)(H,17,18,21)/t11-/m0/s1. The molecule has 1 atom stereocenters. The van der Waals surface area contributed by atoms with Crippen LogP contribution in [-0.2, 0) is 4.79 Å². The molecule has 2 N–H and O–H groups in total. The van der Waals surface area contributed by atoms with E-state index in [0.717, 1.165) is 25.1 Å². The SMILES string of the molecule is Cc1cc(=O)[nH]c(SCC(=O)N2CCC[C@H](c3ccn[nH]3)C2)n1. The fourth-order valence-electron chi connectivity index (χ4n) is 2.79. The summed E-state index contributed by atoms with van der Waals surface area (Å²) in [5.41, 5.74) is 1.55. The molecule has 23 heavy (non-hydrogen) atoms. The molecule has 0 unspecified atom stereocenters. The van der Waals surface area contributed by atoms with Gasteiger partial charge >= 0.3 is 0 Å². The Hall–Kier alpha value is -2.09. The fraction of sp³-hybridized carbons (Fsp3) is 0.467. The maximum Gasteiger partial charge on any atom is 0.251 e. The summed E-state index contributed by atoms with van der Waals surface area (Å²) in [6, 6.07) is 3.40. The van der Waals surface area contributed by atoms with E-state index in [1.807, 2.05) is 11.0 Å². The van der Waals surface area contributed by atoms with Crippen molar-refractivity contribution in [1.82, 2.24) is 25.1 Å². The van der Waals surface area contributed by atoms with E-state index in [1.165, 1.54) is 17.8 Å². The number of amides is 1. The molecule has 0 aromatic carbocycles. The topological polar surface area (TPSA) is 94.7 Å². The maximum absolute atomic E-state index is 12.4. The predicted molar refractivity (Wildman–Crippen MR) is 87.5 cm³/mol.